The fourth-order valence-electron chi connectivity index (χ4n) is 2.03. The van der Waals surface area contributed by atoms with Crippen LogP contribution in [0.4, 0.5) is 0 Å². The Labute approximate surface area is 135 Å². The first-order valence-corrected chi connectivity index (χ1v) is 7.26. The third-order valence-corrected chi connectivity index (χ3v) is 3.62. The van der Waals surface area contributed by atoms with Crippen LogP contribution in [0.1, 0.15) is 15.9 Å². The Kier molecular flexibility index (Phi) is 5.67. The minimum Gasteiger partial charge on any atom is -0.497 e. The van der Waals surface area contributed by atoms with Crippen molar-refractivity contribution in [3.05, 3.63) is 58.6 Å². The number of ether oxygens (including phenoxy) is 2. The van der Waals surface area contributed by atoms with Crippen molar-refractivity contribution < 1.29 is 14.3 Å². The van der Waals surface area contributed by atoms with Crippen molar-refractivity contribution >= 4 is 17.5 Å². The summed E-state index contributed by atoms with van der Waals surface area (Å²) in [5.74, 6) is 1.24. The van der Waals surface area contributed by atoms with Crippen LogP contribution in [0.5, 0.6) is 11.5 Å². The molecule has 1 amide bonds. The Morgan fingerprint density at radius 3 is 2.50 bits per heavy atom. The lowest BCUT2D eigenvalue weighted by molar-refractivity contribution is 0.0954. The second-order valence-electron chi connectivity index (χ2n) is 4.70. The van der Waals surface area contributed by atoms with Crippen LogP contribution in [0.2, 0.25) is 5.02 Å². The molecular formula is C17H18ClNO3. The molecule has 0 atom stereocenters. The normalized spacial score (nSPS) is 10.1. The highest BCUT2D eigenvalue weighted by Gasteiger charge is 2.07. The number of methoxy groups -OCH3 is 2. The number of carbonyl (C=O) groups excluding carboxylic acids is 1. The van der Waals surface area contributed by atoms with Crippen LogP contribution in [0.25, 0.3) is 0 Å². The van der Waals surface area contributed by atoms with Crippen LogP contribution >= 0.6 is 11.6 Å². The van der Waals surface area contributed by atoms with Crippen LogP contribution < -0.4 is 14.8 Å². The molecular weight excluding hydrogens is 302 g/mol. The van der Waals surface area contributed by atoms with Crippen molar-refractivity contribution in [2.75, 3.05) is 20.8 Å². The van der Waals surface area contributed by atoms with Crippen LogP contribution in [-0.2, 0) is 6.42 Å². The first-order valence-electron chi connectivity index (χ1n) is 6.88. The van der Waals surface area contributed by atoms with Gasteiger partial charge in [0.15, 0.2) is 0 Å². The van der Waals surface area contributed by atoms with Gasteiger partial charge in [0.25, 0.3) is 5.91 Å². The summed E-state index contributed by atoms with van der Waals surface area (Å²) >= 11 is 6.17. The number of amides is 1. The van der Waals surface area contributed by atoms with Gasteiger partial charge in [-0.15, -0.1) is 0 Å². The van der Waals surface area contributed by atoms with Crippen molar-refractivity contribution in [2.45, 2.75) is 6.42 Å². The van der Waals surface area contributed by atoms with Gasteiger partial charge in [0.1, 0.15) is 11.5 Å². The predicted octanol–water partition coefficient (Wildman–Crippen LogP) is 3.33. The summed E-state index contributed by atoms with van der Waals surface area (Å²) < 4.78 is 10.2. The van der Waals surface area contributed by atoms with E-state index in [-0.39, 0.29) is 5.91 Å². The SMILES string of the molecule is COc1cccc(C(=O)NCCc2ccc(OC)cc2Cl)c1. The minimum atomic E-state index is -0.136. The molecule has 0 aliphatic heterocycles. The number of halogens is 1. The first-order chi connectivity index (χ1) is 10.6. The predicted molar refractivity (Wildman–Crippen MR) is 87.0 cm³/mol. The van der Waals surface area contributed by atoms with E-state index < -0.39 is 0 Å². The molecule has 4 nitrogen and oxygen atoms in total. The summed E-state index contributed by atoms with van der Waals surface area (Å²) in [5, 5.41) is 3.50. The lowest BCUT2D eigenvalue weighted by Crippen LogP contribution is -2.25. The molecule has 0 aliphatic rings. The highest BCUT2D eigenvalue weighted by Crippen LogP contribution is 2.22. The van der Waals surface area contributed by atoms with E-state index in [1.54, 1.807) is 44.6 Å². The molecule has 0 radical (unpaired) electrons. The molecule has 0 fully saturated rings. The van der Waals surface area contributed by atoms with Gasteiger partial charge in [0.2, 0.25) is 0 Å². The molecule has 0 saturated carbocycles. The average Bonchev–Trinajstić information content (AvgIpc) is 2.56. The van der Waals surface area contributed by atoms with E-state index in [1.807, 2.05) is 12.1 Å². The van der Waals surface area contributed by atoms with Gasteiger partial charge in [-0.3, -0.25) is 4.79 Å². The zero-order valence-electron chi connectivity index (χ0n) is 12.6. The molecule has 0 bridgehead atoms. The van der Waals surface area contributed by atoms with Gasteiger partial charge in [-0.05, 0) is 42.3 Å². The van der Waals surface area contributed by atoms with Crippen molar-refractivity contribution in [3.63, 3.8) is 0 Å². The van der Waals surface area contributed by atoms with Crippen molar-refractivity contribution in [2.24, 2.45) is 0 Å². The fraction of sp³-hybridized carbons (Fsp3) is 0.235. The molecule has 5 heteroatoms. The molecule has 1 N–H and O–H groups in total. The molecule has 0 heterocycles. The number of hydrogen-bond donors (Lipinski definition) is 1. The topological polar surface area (TPSA) is 47.6 Å². The maximum atomic E-state index is 12.1. The maximum Gasteiger partial charge on any atom is 0.251 e. The molecule has 2 aromatic rings. The van der Waals surface area contributed by atoms with Gasteiger partial charge >= 0.3 is 0 Å². The monoisotopic (exact) mass is 319 g/mol. The summed E-state index contributed by atoms with van der Waals surface area (Å²) in [4.78, 5) is 12.1. The Bertz CT molecular complexity index is 658. The number of rotatable bonds is 6. The van der Waals surface area contributed by atoms with Crippen LogP contribution in [0.3, 0.4) is 0 Å². The molecule has 0 aromatic heterocycles. The average molecular weight is 320 g/mol. The van der Waals surface area contributed by atoms with Gasteiger partial charge in [-0.1, -0.05) is 23.7 Å². The van der Waals surface area contributed by atoms with Crippen molar-refractivity contribution in [3.8, 4) is 11.5 Å². The van der Waals surface area contributed by atoms with E-state index in [9.17, 15) is 4.79 Å². The number of carbonyl (C=O) groups is 1. The van der Waals surface area contributed by atoms with Crippen molar-refractivity contribution in [1.29, 1.82) is 0 Å². The molecule has 0 unspecified atom stereocenters. The lowest BCUT2D eigenvalue weighted by atomic mass is 10.1. The summed E-state index contributed by atoms with van der Waals surface area (Å²) in [6.45, 7) is 0.502. The second-order valence-corrected chi connectivity index (χ2v) is 5.10. The summed E-state index contributed by atoms with van der Waals surface area (Å²) in [7, 11) is 3.17. The van der Waals surface area contributed by atoms with E-state index in [0.717, 1.165) is 5.56 Å². The molecule has 0 spiro atoms. The Balaban J connectivity index is 1.91. The number of benzene rings is 2. The van der Waals surface area contributed by atoms with Crippen LogP contribution in [-0.4, -0.2) is 26.7 Å². The number of nitrogens with one attached hydrogen (secondary N) is 1. The van der Waals surface area contributed by atoms with Crippen molar-refractivity contribution in [1.82, 2.24) is 5.32 Å². The Morgan fingerprint density at radius 2 is 1.82 bits per heavy atom. The fourth-order valence-corrected chi connectivity index (χ4v) is 2.30. The van der Waals surface area contributed by atoms with Gasteiger partial charge in [-0.2, -0.15) is 0 Å². The Hall–Kier alpha value is -2.20. The molecule has 0 saturated heterocycles. The van der Waals surface area contributed by atoms with E-state index >= 15 is 0 Å². The Morgan fingerprint density at radius 1 is 1.09 bits per heavy atom. The quantitative estimate of drug-likeness (QED) is 0.888. The maximum absolute atomic E-state index is 12.1. The zero-order valence-corrected chi connectivity index (χ0v) is 13.3. The van der Waals surface area contributed by atoms with E-state index in [0.29, 0.717) is 35.1 Å². The van der Waals surface area contributed by atoms with E-state index in [2.05, 4.69) is 5.32 Å². The highest BCUT2D eigenvalue weighted by atomic mass is 35.5. The van der Waals surface area contributed by atoms with E-state index in [4.69, 9.17) is 21.1 Å². The smallest absolute Gasteiger partial charge is 0.251 e. The van der Waals surface area contributed by atoms with Crippen LogP contribution in [0, 0.1) is 0 Å². The standard InChI is InChI=1S/C17H18ClNO3/c1-21-14-5-3-4-13(10-14)17(20)19-9-8-12-6-7-15(22-2)11-16(12)18/h3-7,10-11H,8-9H2,1-2H3,(H,19,20). The van der Waals surface area contributed by atoms with Gasteiger partial charge in [0, 0.05) is 17.1 Å². The third-order valence-electron chi connectivity index (χ3n) is 3.27. The minimum absolute atomic E-state index is 0.136. The molecule has 2 aromatic carbocycles. The molecule has 2 rings (SSSR count). The third kappa shape index (κ3) is 4.15. The van der Waals surface area contributed by atoms with Gasteiger partial charge in [-0.25, -0.2) is 0 Å². The summed E-state index contributed by atoms with van der Waals surface area (Å²) in [6.07, 6.45) is 0.651. The van der Waals surface area contributed by atoms with Gasteiger partial charge < -0.3 is 14.8 Å². The highest BCUT2D eigenvalue weighted by molar-refractivity contribution is 6.31. The summed E-state index contributed by atoms with van der Waals surface area (Å²) in [5.41, 5.74) is 1.54. The molecule has 116 valence electrons. The number of hydrogen-bond acceptors (Lipinski definition) is 3. The van der Waals surface area contributed by atoms with Crippen LogP contribution in [0.15, 0.2) is 42.5 Å². The largest absolute Gasteiger partial charge is 0.497 e. The lowest BCUT2D eigenvalue weighted by Gasteiger charge is -2.09. The van der Waals surface area contributed by atoms with Gasteiger partial charge in [0.05, 0.1) is 14.2 Å². The zero-order chi connectivity index (χ0) is 15.9. The molecule has 22 heavy (non-hydrogen) atoms. The first kappa shape index (κ1) is 16.2. The van der Waals surface area contributed by atoms with E-state index in [1.165, 1.54) is 0 Å². The summed E-state index contributed by atoms with van der Waals surface area (Å²) in [6, 6.07) is 12.6. The molecule has 0 aliphatic carbocycles. The second kappa shape index (κ2) is 7.71.